The van der Waals surface area contributed by atoms with E-state index in [1.807, 2.05) is 12.1 Å². The Morgan fingerprint density at radius 3 is 2.86 bits per heavy atom. The number of hydrogen-bond donors (Lipinski definition) is 2. The van der Waals surface area contributed by atoms with Crippen LogP contribution >= 0.6 is 0 Å². The average molecular weight is 287 g/mol. The number of carbonyl (C=O) groups excluding carboxylic acids is 1. The summed E-state index contributed by atoms with van der Waals surface area (Å²) in [6, 6.07) is 10.6. The van der Waals surface area contributed by atoms with Crippen LogP contribution in [-0.4, -0.2) is 30.1 Å². The van der Waals surface area contributed by atoms with Gasteiger partial charge in [0.05, 0.1) is 0 Å². The molecule has 0 aromatic heterocycles. The lowest BCUT2D eigenvalue weighted by molar-refractivity contribution is 0.244. The maximum atomic E-state index is 13.2. The number of benzene rings is 2. The third-order valence-corrected chi connectivity index (χ3v) is 3.89. The third-order valence-electron chi connectivity index (χ3n) is 3.89. The van der Waals surface area contributed by atoms with Crippen molar-refractivity contribution in [3.8, 4) is 0 Å². The molecular formula is C16H18FN3O. The lowest BCUT2D eigenvalue weighted by atomic mass is 10.1. The molecule has 3 N–H and O–H groups in total. The van der Waals surface area contributed by atoms with Crippen molar-refractivity contribution in [1.82, 2.24) is 10.2 Å². The van der Waals surface area contributed by atoms with Crippen LogP contribution < -0.4 is 11.1 Å². The third kappa shape index (κ3) is 3.31. The molecule has 5 heteroatoms. The molecule has 3 rings (SSSR count). The predicted octanol–water partition coefficient (Wildman–Crippen LogP) is 2.22. The summed E-state index contributed by atoms with van der Waals surface area (Å²) in [5, 5.41) is 4.70. The van der Waals surface area contributed by atoms with Crippen LogP contribution in [0.25, 0.3) is 10.8 Å². The lowest BCUT2D eigenvalue weighted by Crippen LogP contribution is -2.40. The van der Waals surface area contributed by atoms with Crippen molar-refractivity contribution in [3.63, 3.8) is 0 Å². The molecule has 2 amide bonds. The van der Waals surface area contributed by atoms with E-state index in [1.165, 1.54) is 11.6 Å². The summed E-state index contributed by atoms with van der Waals surface area (Å²) in [4.78, 5) is 13.1. The number of hydrogen-bond acceptors (Lipinski definition) is 2. The van der Waals surface area contributed by atoms with Crippen LogP contribution in [0.4, 0.5) is 9.18 Å². The Hall–Kier alpha value is -2.14. The first-order chi connectivity index (χ1) is 10.1. The van der Waals surface area contributed by atoms with E-state index < -0.39 is 6.03 Å². The number of nitrogens with one attached hydrogen (secondary N) is 1. The van der Waals surface area contributed by atoms with Crippen molar-refractivity contribution in [2.24, 2.45) is 5.73 Å². The van der Waals surface area contributed by atoms with Crippen LogP contribution in [0.1, 0.15) is 12.0 Å². The first kappa shape index (κ1) is 13.8. The van der Waals surface area contributed by atoms with Crippen molar-refractivity contribution in [2.75, 3.05) is 13.1 Å². The Balaban J connectivity index is 1.68. The fourth-order valence-corrected chi connectivity index (χ4v) is 2.92. The SMILES string of the molecule is NC(=O)NC1CCN(Cc2ccc3cc(F)ccc3c2)C1. The molecule has 0 radical (unpaired) electrons. The molecule has 1 aliphatic rings. The molecule has 0 aliphatic carbocycles. The van der Waals surface area contributed by atoms with Gasteiger partial charge in [0.2, 0.25) is 0 Å². The minimum absolute atomic E-state index is 0.136. The highest BCUT2D eigenvalue weighted by Gasteiger charge is 2.23. The smallest absolute Gasteiger partial charge is 0.312 e. The first-order valence-corrected chi connectivity index (χ1v) is 7.07. The van der Waals surface area contributed by atoms with Crippen LogP contribution in [-0.2, 0) is 6.54 Å². The van der Waals surface area contributed by atoms with E-state index in [4.69, 9.17) is 5.73 Å². The van der Waals surface area contributed by atoms with Gasteiger partial charge in [-0.3, -0.25) is 4.90 Å². The van der Waals surface area contributed by atoms with Gasteiger partial charge in [0.25, 0.3) is 0 Å². The molecule has 2 aromatic rings. The van der Waals surface area contributed by atoms with Gasteiger partial charge < -0.3 is 11.1 Å². The van der Waals surface area contributed by atoms with Crippen molar-refractivity contribution in [2.45, 2.75) is 19.0 Å². The van der Waals surface area contributed by atoms with Gasteiger partial charge in [-0.05, 0) is 41.0 Å². The molecule has 1 fully saturated rings. The largest absolute Gasteiger partial charge is 0.352 e. The molecule has 0 saturated carbocycles. The van der Waals surface area contributed by atoms with Crippen LogP contribution in [0, 0.1) is 5.82 Å². The second-order valence-electron chi connectivity index (χ2n) is 5.56. The van der Waals surface area contributed by atoms with E-state index in [-0.39, 0.29) is 11.9 Å². The van der Waals surface area contributed by atoms with Crippen molar-refractivity contribution < 1.29 is 9.18 Å². The molecule has 1 heterocycles. The van der Waals surface area contributed by atoms with Gasteiger partial charge >= 0.3 is 6.03 Å². The van der Waals surface area contributed by atoms with Crippen molar-refractivity contribution in [1.29, 1.82) is 0 Å². The fraction of sp³-hybridized carbons (Fsp3) is 0.312. The van der Waals surface area contributed by atoms with E-state index in [9.17, 15) is 9.18 Å². The summed E-state index contributed by atoms with van der Waals surface area (Å²) in [7, 11) is 0. The maximum absolute atomic E-state index is 13.2. The Bertz CT molecular complexity index is 674. The number of nitrogens with zero attached hydrogens (tertiary/aromatic N) is 1. The molecule has 21 heavy (non-hydrogen) atoms. The minimum atomic E-state index is -0.463. The first-order valence-electron chi connectivity index (χ1n) is 7.07. The van der Waals surface area contributed by atoms with E-state index in [0.717, 1.165) is 36.8 Å². The van der Waals surface area contributed by atoms with Crippen LogP contribution in [0.3, 0.4) is 0 Å². The summed E-state index contributed by atoms with van der Waals surface area (Å²) >= 11 is 0. The van der Waals surface area contributed by atoms with Gasteiger partial charge in [0.15, 0.2) is 0 Å². The van der Waals surface area contributed by atoms with Gasteiger partial charge in [-0.25, -0.2) is 9.18 Å². The zero-order valence-corrected chi connectivity index (χ0v) is 11.7. The van der Waals surface area contributed by atoms with Gasteiger partial charge in [-0.15, -0.1) is 0 Å². The lowest BCUT2D eigenvalue weighted by Gasteiger charge is -2.16. The number of primary amides is 1. The molecule has 1 aliphatic heterocycles. The number of carbonyl (C=O) groups is 1. The Morgan fingerprint density at radius 1 is 1.29 bits per heavy atom. The molecule has 0 bridgehead atoms. The average Bonchev–Trinajstić information content (AvgIpc) is 2.85. The Morgan fingerprint density at radius 2 is 2.05 bits per heavy atom. The second kappa shape index (κ2) is 5.69. The summed E-state index contributed by atoms with van der Waals surface area (Å²) in [5.41, 5.74) is 6.33. The number of likely N-dealkylation sites (tertiary alicyclic amines) is 1. The number of fused-ring (bicyclic) bond motifs is 1. The molecule has 4 nitrogen and oxygen atoms in total. The fourth-order valence-electron chi connectivity index (χ4n) is 2.92. The highest BCUT2D eigenvalue weighted by molar-refractivity contribution is 5.83. The molecular weight excluding hydrogens is 269 g/mol. The molecule has 1 atom stereocenters. The number of urea groups is 1. The standard InChI is InChI=1S/C16H18FN3O/c17-14-4-3-12-7-11(1-2-13(12)8-14)9-20-6-5-15(10-20)19-16(18)21/h1-4,7-8,15H,5-6,9-10H2,(H3,18,19,21). The molecule has 2 aromatic carbocycles. The van der Waals surface area contributed by atoms with Crippen LogP contribution in [0.15, 0.2) is 36.4 Å². The summed E-state index contributed by atoms with van der Waals surface area (Å²) < 4.78 is 13.2. The Kier molecular flexibility index (Phi) is 3.75. The Labute approximate surface area is 122 Å². The van der Waals surface area contributed by atoms with E-state index >= 15 is 0 Å². The van der Waals surface area contributed by atoms with Gasteiger partial charge in [0, 0.05) is 25.7 Å². The number of rotatable bonds is 3. The normalized spacial score (nSPS) is 19.0. The van der Waals surface area contributed by atoms with E-state index in [1.54, 1.807) is 12.1 Å². The number of amides is 2. The summed E-state index contributed by atoms with van der Waals surface area (Å²) in [5.74, 6) is -0.213. The van der Waals surface area contributed by atoms with Crippen LogP contribution in [0.5, 0.6) is 0 Å². The number of nitrogens with two attached hydrogens (primary N) is 1. The van der Waals surface area contributed by atoms with Gasteiger partial charge in [-0.1, -0.05) is 18.2 Å². The van der Waals surface area contributed by atoms with E-state index in [0.29, 0.717) is 0 Å². The predicted molar refractivity (Wildman–Crippen MR) is 80.3 cm³/mol. The maximum Gasteiger partial charge on any atom is 0.312 e. The zero-order valence-electron chi connectivity index (χ0n) is 11.7. The van der Waals surface area contributed by atoms with Gasteiger partial charge in [0.1, 0.15) is 5.82 Å². The molecule has 1 unspecified atom stereocenters. The quantitative estimate of drug-likeness (QED) is 0.909. The van der Waals surface area contributed by atoms with Crippen molar-refractivity contribution >= 4 is 16.8 Å². The topological polar surface area (TPSA) is 58.4 Å². The van der Waals surface area contributed by atoms with Crippen molar-refractivity contribution in [3.05, 3.63) is 47.8 Å². The molecule has 0 spiro atoms. The monoisotopic (exact) mass is 287 g/mol. The summed E-state index contributed by atoms with van der Waals surface area (Å²) in [6.45, 7) is 2.57. The molecule has 110 valence electrons. The highest BCUT2D eigenvalue weighted by atomic mass is 19.1. The number of halogens is 1. The van der Waals surface area contributed by atoms with Gasteiger partial charge in [-0.2, -0.15) is 0 Å². The second-order valence-corrected chi connectivity index (χ2v) is 5.56. The van der Waals surface area contributed by atoms with Crippen LogP contribution in [0.2, 0.25) is 0 Å². The summed E-state index contributed by atoms with van der Waals surface area (Å²) in [6.07, 6.45) is 0.918. The van der Waals surface area contributed by atoms with E-state index in [2.05, 4.69) is 16.3 Å². The minimum Gasteiger partial charge on any atom is -0.352 e. The zero-order chi connectivity index (χ0) is 14.8. The molecule has 1 saturated heterocycles. The highest BCUT2D eigenvalue weighted by Crippen LogP contribution is 2.20.